The van der Waals surface area contributed by atoms with Crippen LogP contribution in [0.4, 0.5) is 23.2 Å². The topological polar surface area (TPSA) is 49.4 Å². The number of halogens is 4. The predicted octanol–water partition coefficient (Wildman–Crippen LogP) is 2.09. The van der Waals surface area contributed by atoms with Crippen LogP contribution >= 0.6 is 0 Å². The largest absolute Gasteiger partial charge is 0.419 e. The van der Waals surface area contributed by atoms with E-state index in [0.717, 1.165) is 11.0 Å². The van der Waals surface area contributed by atoms with Crippen LogP contribution in [-0.4, -0.2) is 24.4 Å². The molecule has 0 radical (unpaired) electrons. The van der Waals surface area contributed by atoms with Crippen molar-refractivity contribution in [2.45, 2.75) is 25.6 Å². The number of carbonyl (C=O) groups is 2. The third kappa shape index (κ3) is 2.98. The Bertz CT molecular complexity index is 586. The smallest absolute Gasteiger partial charge is 0.343 e. The average Bonchev–Trinajstić information content (AvgIpc) is 2.40. The zero-order valence-corrected chi connectivity index (χ0v) is 11.0. The summed E-state index contributed by atoms with van der Waals surface area (Å²) in [6.07, 6.45) is -4.56. The van der Waals surface area contributed by atoms with Gasteiger partial charge in [-0.25, -0.2) is 4.39 Å². The van der Waals surface area contributed by atoms with Crippen molar-refractivity contribution in [1.82, 2.24) is 5.32 Å². The molecule has 4 nitrogen and oxygen atoms in total. The maximum atomic E-state index is 13.2. The van der Waals surface area contributed by atoms with Crippen molar-refractivity contribution in [2.24, 2.45) is 0 Å². The molecule has 1 N–H and O–H groups in total. The molecule has 1 aromatic carbocycles. The molecule has 0 aliphatic carbocycles. The predicted molar refractivity (Wildman–Crippen MR) is 66.0 cm³/mol. The van der Waals surface area contributed by atoms with Gasteiger partial charge in [-0.05, 0) is 24.6 Å². The summed E-state index contributed by atoms with van der Waals surface area (Å²) in [5.41, 5.74) is -1.62. The quantitative estimate of drug-likeness (QED) is 0.851. The van der Waals surface area contributed by atoms with E-state index >= 15 is 0 Å². The highest BCUT2D eigenvalue weighted by atomic mass is 19.4. The highest BCUT2D eigenvalue weighted by Gasteiger charge is 2.37. The molecule has 2 amide bonds. The van der Waals surface area contributed by atoms with Gasteiger partial charge in [-0.3, -0.25) is 9.59 Å². The lowest BCUT2D eigenvalue weighted by Crippen LogP contribution is -2.58. The molecule has 1 saturated heterocycles. The van der Waals surface area contributed by atoms with Gasteiger partial charge in [0.15, 0.2) is 0 Å². The Morgan fingerprint density at radius 2 is 2.00 bits per heavy atom. The summed E-state index contributed by atoms with van der Waals surface area (Å²) in [6, 6.07) is 1.44. The van der Waals surface area contributed by atoms with Gasteiger partial charge >= 0.3 is 6.18 Å². The summed E-state index contributed by atoms with van der Waals surface area (Å²) in [4.78, 5) is 24.5. The zero-order valence-electron chi connectivity index (χ0n) is 11.0. The van der Waals surface area contributed by atoms with Gasteiger partial charge in [0.25, 0.3) is 0 Å². The summed E-state index contributed by atoms with van der Waals surface area (Å²) >= 11 is 0. The molecule has 0 aromatic heterocycles. The van der Waals surface area contributed by atoms with Crippen LogP contribution in [0.1, 0.15) is 18.9 Å². The van der Waals surface area contributed by atoms with E-state index in [2.05, 4.69) is 5.32 Å². The van der Waals surface area contributed by atoms with Crippen molar-refractivity contribution in [1.29, 1.82) is 0 Å². The number of amides is 2. The SMILES string of the molecule is CCC1NC(=O)CN(c2ccc(F)c(C(F)(F)F)c2)C1=O. The number of nitrogens with one attached hydrogen (secondary N) is 1. The third-order valence-corrected chi connectivity index (χ3v) is 3.18. The molecular weight excluding hydrogens is 292 g/mol. The number of hydrogen-bond acceptors (Lipinski definition) is 2. The number of piperazine rings is 1. The lowest BCUT2D eigenvalue weighted by atomic mass is 10.1. The standard InChI is InChI=1S/C13H12F4N2O2/c1-2-10-12(21)19(6-11(20)18-10)7-3-4-9(14)8(5-7)13(15,16)17/h3-5,10H,2,6H2,1H3,(H,18,20). The van der Waals surface area contributed by atoms with Crippen LogP contribution in [0.3, 0.4) is 0 Å². The van der Waals surface area contributed by atoms with Gasteiger partial charge in [0, 0.05) is 5.69 Å². The number of carbonyl (C=O) groups excluding carboxylic acids is 2. The Balaban J connectivity index is 2.41. The van der Waals surface area contributed by atoms with Crippen LogP contribution in [0, 0.1) is 5.82 Å². The normalized spacial score (nSPS) is 19.7. The number of nitrogens with zero attached hydrogens (tertiary/aromatic N) is 1. The first-order valence-corrected chi connectivity index (χ1v) is 6.21. The fraction of sp³-hybridized carbons (Fsp3) is 0.385. The van der Waals surface area contributed by atoms with Crippen molar-refractivity contribution in [3.63, 3.8) is 0 Å². The Kier molecular flexibility index (Phi) is 3.89. The van der Waals surface area contributed by atoms with Crippen molar-refractivity contribution in [2.75, 3.05) is 11.4 Å². The summed E-state index contributed by atoms with van der Waals surface area (Å²) < 4.78 is 51.3. The average molecular weight is 304 g/mol. The van der Waals surface area contributed by atoms with Crippen LogP contribution < -0.4 is 10.2 Å². The molecule has 1 aliphatic rings. The molecule has 0 saturated carbocycles. The van der Waals surface area contributed by atoms with E-state index in [0.29, 0.717) is 18.6 Å². The molecule has 0 spiro atoms. The fourth-order valence-electron chi connectivity index (χ4n) is 2.10. The van der Waals surface area contributed by atoms with E-state index in [1.165, 1.54) is 0 Å². The Morgan fingerprint density at radius 1 is 1.33 bits per heavy atom. The van der Waals surface area contributed by atoms with E-state index in [1.54, 1.807) is 6.92 Å². The van der Waals surface area contributed by atoms with Crippen molar-refractivity contribution < 1.29 is 27.2 Å². The lowest BCUT2D eigenvalue weighted by Gasteiger charge is -2.32. The second-order valence-electron chi connectivity index (χ2n) is 4.61. The second kappa shape index (κ2) is 5.34. The minimum absolute atomic E-state index is 0.151. The van der Waals surface area contributed by atoms with E-state index in [1.807, 2.05) is 0 Å². The summed E-state index contributed by atoms with van der Waals surface area (Å²) in [7, 11) is 0. The number of alkyl halides is 3. The first-order chi connectivity index (χ1) is 9.74. The number of benzene rings is 1. The van der Waals surface area contributed by atoms with Crippen LogP contribution in [0.25, 0.3) is 0 Å². The van der Waals surface area contributed by atoms with Gasteiger partial charge in [-0.1, -0.05) is 6.92 Å². The van der Waals surface area contributed by atoms with Gasteiger partial charge in [0.05, 0.1) is 5.56 Å². The molecule has 1 fully saturated rings. The maximum Gasteiger partial charge on any atom is 0.419 e. The summed E-state index contributed by atoms with van der Waals surface area (Å²) in [5.74, 6) is -2.41. The molecule has 1 aromatic rings. The zero-order chi connectivity index (χ0) is 15.8. The molecule has 1 aliphatic heterocycles. The Labute approximate surface area is 117 Å². The summed E-state index contributed by atoms with van der Waals surface area (Å²) in [6.45, 7) is 1.27. The van der Waals surface area contributed by atoms with E-state index in [-0.39, 0.29) is 5.69 Å². The fourth-order valence-corrected chi connectivity index (χ4v) is 2.10. The van der Waals surface area contributed by atoms with E-state index in [9.17, 15) is 27.2 Å². The molecule has 114 valence electrons. The Hall–Kier alpha value is -2.12. The number of rotatable bonds is 2. The summed E-state index contributed by atoms with van der Waals surface area (Å²) in [5, 5.41) is 2.45. The molecule has 21 heavy (non-hydrogen) atoms. The second-order valence-corrected chi connectivity index (χ2v) is 4.61. The van der Waals surface area contributed by atoms with E-state index < -0.39 is 42.0 Å². The molecular formula is C13H12F4N2O2. The lowest BCUT2D eigenvalue weighted by molar-refractivity contribution is -0.140. The molecule has 1 heterocycles. The first kappa shape index (κ1) is 15.3. The molecule has 1 unspecified atom stereocenters. The minimum atomic E-state index is -4.87. The maximum absolute atomic E-state index is 13.2. The molecule has 8 heteroatoms. The van der Waals surface area contributed by atoms with Crippen LogP contribution in [0.15, 0.2) is 18.2 Å². The van der Waals surface area contributed by atoms with Gasteiger partial charge in [0.1, 0.15) is 18.4 Å². The van der Waals surface area contributed by atoms with Crippen LogP contribution in [-0.2, 0) is 15.8 Å². The van der Waals surface area contributed by atoms with Crippen molar-refractivity contribution in [3.05, 3.63) is 29.6 Å². The number of hydrogen-bond donors (Lipinski definition) is 1. The van der Waals surface area contributed by atoms with Crippen LogP contribution in [0.5, 0.6) is 0 Å². The molecule has 1 atom stereocenters. The number of anilines is 1. The minimum Gasteiger partial charge on any atom is -0.343 e. The van der Waals surface area contributed by atoms with Crippen molar-refractivity contribution >= 4 is 17.5 Å². The molecule has 0 bridgehead atoms. The van der Waals surface area contributed by atoms with E-state index in [4.69, 9.17) is 0 Å². The van der Waals surface area contributed by atoms with Crippen molar-refractivity contribution in [3.8, 4) is 0 Å². The monoisotopic (exact) mass is 304 g/mol. The van der Waals surface area contributed by atoms with Gasteiger partial charge in [0.2, 0.25) is 11.8 Å². The highest BCUT2D eigenvalue weighted by molar-refractivity contribution is 6.06. The Morgan fingerprint density at radius 3 is 2.57 bits per heavy atom. The van der Waals surface area contributed by atoms with Crippen LogP contribution in [0.2, 0.25) is 0 Å². The highest BCUT2D eigenvalue weighted by Crippen LogP contribution is 2.34. The van der Waals surface area contributed by atoms with Gasteiger partial charge in [-0.2, -0.15) is 13.2 Å². The molecule has 2 rings (SSSR count). The first-order valence-electron chi connectivity index (χ1n) is 6.21. The van der Waals surface area contributed by atoms with Gasteiger partial charge < -0.3 is 10.2 Å². The van der Waals surface area contributed by atoms with Gasteiger partial charge in [-0.15, -0.1) is 0 Å². The third-order valence-electron chi connectivity index (χ3n) is 3.18.